The number of hydrogen-bond donors (Lipinski definition) is 0. The first-order valence-corrected chi connectivity index (χ1v) is 5.28. The molecule has 1 heterocycles. The van der Waals surface area contributed by atoms with E-state index in [-0.39, 0.29) is 5.82 Å². The van der Waals surface area contributed by atoms with Crippen molar-refractivity contribution in [1.82, 2.24) is 9.97 Å². The van der Waals surface area contributed by atoms with Gasteiger partial charge in [0.05, 0.1) is 10.7 Å². The first kappa shape index (κ1) is 11.3. The monoisotopic (exact) mass is 256 g/mol. The van der Waals surface area contributed by atoms with Crippen LogP contribution in [0.5, 0.6) is 0 Å². The molecule has 0 saturated carbocycles. The first-order valence-electron chi connectivity index (χ1n) is 4.53. The van der Waals surface area contributed by atoms with E-state index >= 15 is 0 Å². The summed E-state index contributed by atoms with van der Waals surface area (Å²) in [5, 5.41) is 0.636. The van der Waals surface area contributed by atoms with E-state index in [1.54, 1.807) is 19.1 Å². The molecule has 0 radical (unpaired) electrons. The van der Waals surface area contributed by atoms with Crippen LogP contribution in [0.25, 0.3) is 11.3 Å². The van der Waals surface area contributed by atoms with Crippen LogP contribution in [0, 0.1) is 12.7 Å². The molecule has 0 fully saturated rings. The minimum atomic E-state index is -0.384. The number of aryl methyl sites for hydroxylation is 1. The SMILES string of the molecule is Cc1nc(Cl)cc(-c2ccc(F)cc2Cl)n1. The molecule has 1 aromatic carbocycles. The third-order valence-corrected chi connectivity index (χ3v) is 2.52. The van der Waals surface area contributed by atoms with Crippen LogP contribution in [-0.2, 0) is 0 Å². The fraction of sp³-hybridized carbons (Fsp3) is 0.0909. The summed E-state index contributed by atoms with van der Waals surface area (Å²) in [5.41, 5.74) is 1.22. The lowest BCUT2D eigenvalue weighted by atomic mass is 10.1. The molecule has 2 nitrogen and oxygen atoms in total. The molecule has 0 unspecified atom stereocenters. The lowest BCUT2D eigenvalue weighted by Gasteiger charge is -2.05. The lowest BCUT2D eigenvalue weighted by molar-refractivity contribution is 0.628. The van der Waals surface area contributed by atoms with Gasteiger partial charge >= 0.3 is 0 Å². The van der Waals surface area contributed by atoms with E-state index in [1.165, 1.54) is 12.1 Å². The van der Waals surface area contributed by atoms with Gasteiger partial charge in [0.1, 0.15) is 16.8 Å². The van der Waals surface area contributed by atoms with Crippen molar-refractivity contribution >= 4 is 23.2 Å². The largest absolute Gasteiger partial charge is 0.233 e. The van der Waals surface area contributed by atoms with Crippen molar-refractivity contribution in [3.8, 4) is 11.3 Å². The van der Waals surface area contributed by atoms with Gasteiger partial charge in [-0.05, 0) is 25.1 Å². The van der Waals surface area contributed by atoms with Crippen LogP contribution < -0.4 is 0 Å². The maximum Gasteiger partial charge on any atom is 0.133 e. The summed E-state index contributed by atoms with van der Waals surface area (Å²) >= 11 is 11.7. The second kappa shape index (κ2) is 4.36. The van der Waals surface area contributed by atoms with Crippen LogP contribution >= 0.6 is 23.2 Å². The zero-order valence-corrected chi connectivity index (χ0v) is 9.85. The molecule has 2 aromatic rings. The van der Waals surface area contributed by atoms with Gasteiger partial charge in [0.25, 0.3) is 0 Å². The third kappa shape index (κ3) is 2.31. The fourth-order valence-corrected chi connectivity index (χ4v) is 1.86. The molecule has 2 rings (SSSR count). The van der Waals surface area contributed by atoms with E-state index in [2.05, 4.69) is 9.97 Å². The van der Waals surface area contributed by atoms with Crippen molar-refractivity contribution in [2.75, 3.05) is 0 Å². The molecule has 0 saturated heterocycles. The summed E-state index contributed by atoms with van der Waals surface area (Å²) in [6, 6.07) is 5.72. The summed E-state index contributed by atoms with van der Waals surface area (Å²) in [5.74, 6) is 0.161. The highest BCUT2D eigenvalue weighted by Crippen LogP contribution is 2.28. The number of halogens is 3. The smallest absolute Gasteiger partial charge is 0.133 e. The predicted octanol–water partition coefficient (Wildman–Crippen LogP) is 3.90. The Kier molecular flexibility index (Phi) is 3.08. The van der Waals surface area contributed by atoms with Crippen LogP contribution in [0.2, 0.25) is 10.2 Å². The van der Waals surface area contributed by atoms with E-state index in [0.29, 0.717) is 27.3 Å². The molecule has 0 amide bonds. The molecular formula is C11H7Cl2FN2. The van der Waals surface area contributed by atoms with Crippen molar-refractivity contribution in [2.45, 2.75) is 6.92 Å². The van der Waals surface area contributed by atoms with Gasteiger partial charge in [-0.3, -0.25) is 0 Å². The van der Waals surface area contributed by atoms with Gasteiger partial charge in [-0.1, -0.05) is 23.2 Å². The Morgan fingerprint density at radius 3 is 2.50 bits per heavy atom. The molecule has 1 aromatic heterocycles. The molecule has 0 aliphatic heterocycles. The molecule has 0 N–H and O–H groups in total. The minimum Gasteiger partial charge on any atom is -0.233 e. The Bertz CT molecular complexity index is 523. The molecule has 0 aliphatic rings. The number of aromatic nitrogens is 2. The molecule has 0 spiro atoms. The highest BCUT2D eigenvalue weighted by atomic mass is 35.5. The van der Waals surface area contributed by atoms with E-state index in [4.69, 9.17) is 23.2 Å². The van der Waals surface area contributed by atoms with Crippen LogP contribution in [0.3, 0.4) is 0 Å². The summed E-state index contributed by atoms with van der Waals surface area (Å²) < 4.78 is 12.9. The van der Waals surface area contributed by atoms with Gasteiger partial charge in [0.15, 0.2) is 0 Å². The van der Waals surface area contributed by atoms with Crippen LogP contribution in [-0.4, -0.2) is 9.97 Å². The molecule has 16 heavy (non-hydrogen) atoms. The zero-order valence-electron chi connectivity index (χ0n) is 8.34. The maximum absolute atomic E-state index is 12.9. The van der Waals surface area contributed by atoms with Gasteiger partial charge in [-0.25, -0.2) is 14.4 Å². The van der Waals surface area contributed by atoms with E-state index in [1.807, 2.05) is 0 Å². The lowest BCUT2D eigenvalue weighted by Crippen LogP contribution is -1.92. The minimum absolute atomic E-state index is 0.300. The van der Waals surface area contributed by atoms with Gasteiger partial charge in [-0.2, -0.15) is 0 Å². The second-order valence-corrected chi connectivity index (χ2v) is 4.04. The highest BCUT2D eigenvalue weighted by Gasteiger charge is 2.08. The van der Waals surface area contributed by atoms with Crippen molar-refractivity contribution in [3.63, 3.8) is 0 Å². The molecule has 0 aliphatic carbocycles. The molecule has 82 valence electrons. The summed E-state index contributed by atoms with van der Waals surface area (Å²) in [6.07, 6.45) is 0. The number of rotatable bonds is 1. The van der Waals surface area contributed by atoms with Gasteiger partial charge < -0.3 is 0 Å². The topological polar surface area (TPSA) is 25.8 Å². The average Bonchev–Trinajstić information content (AvgIpc) is 2.15. The standard InChI is InChI=1S/C11H7Cl2FN2/c1-6-15-10(5-11(13)16-6)8-3-2-7(14)4-9(8)12/h2-5H,1H3. The number of hydrogen-bond acceptors (Lipinski definition) is 2. The van der Waals surface area contributed by atoms with Crippen LogP contribution in [0.1, 0.15) is 5.82 Å². The molecular weight excluding hydrogens is 250 g/mol. The maximum atomic E-state index is 12.9. The van der Waals surface area contributed by atoms with Gasteiger partial charge in [-0.15, -0.1) is 0 Å². The van der Waals surface area contributed by atoms with Gasteiger partial charge in [0, 0.05) is 11.6 Å². The van der Waals surface area contributed by atoms with Crippen molar-refractivity contribution in [2.24, 2.45) is 0 Å². The Labute approximate surface area is 102 Å². The normalized spacial score (nSPS) is 10.5. The number of nitrogens with zero attached hydrogens (tertiary/aromatic N) is 2. The van der Waals surface area contributed by atoms with Crippen LogP contribution in [0.4, 0.5) is 4.39 Å². The quantitative estimate of drug-likeness (QED) is 0.724. The van der Waals surface area contributed by atoms with E-state index in [0.717, 1.165) is 0 Å². The molecule has 0 bridgehead atoms. The van der Waals surface area contributed by atoms with Crippen LogP contribution in [0.15, 0.2) is 24.3 Å². The van der Waals surface area contributed by atoms with Crippen molar-refractivity contribution in [3.05, 3.63) is 46.1 Å². The Morgan fingerprint density at radius 1 is 1.12 bits per heavy atom. The van der Waals surface area contributed by atoms with Crippen molar-refractivity contribution in [1.29, 1.82) is 0 Å². The highest BCUT2D eigenvalue weighted by molar-refractivity contribution is 6.33. The zero-order chi connectivity index (χ0) is 11.7. The predicted molar refractivity (Wildman–Crippen MR) is 62.2 cm³/mol. The number of benzene rings is 1. The molecule has 5 heteroatoms. The summed E-state index contributed by atoms with van der Waals surface area (Å²) in [7, 11) is 0. The second-order valence-electron chi connectivity index (χ2n) is 3.25. The summed E-state index contributed by atoms with van der Waals surface area (Å²) in [6.45, 7) is 1.73. The summed E-state index contributed by atoms with van der Waals surface area (Å²) in [4.78, 5) is 8.14. The Morgan fingerprint density at radius 2 is 1.88 bits per heavy atom. The fourth-order valence-electron chi connectivity index (χ4n) is 1.37. The third-order valence-electron chi connectivity index (χ3n) is 2.01. The van der Waals surface area contributed by atoms with Crippen molar-refractivity contribution < 1.29 is 4.39 Å². The average molecular weight is 257 g/mol. The Balaban J connectivity index is 2.58. The first-order chi connectivity index (χ1) is 7.56. The van der Waals surface area contributed by atoms with Gasteiger partial charge in [0.2, 0.25) is 0 Å². The van der Waals surface area contributed by atoms with E-state index in [9.17, 15) is 4.39 Å². The van der Waals surface area contributed by atoms with E-state index < -0.39 is 0 Å². The Hall–Kier alpha value is -1.19. The molecule has 0 atom stereocenters.